The van der Waals surface area contributed by atoms with Crippen molar-refractivity contribution in [2.24, 2.45) is 5.92 Å². The van der Waals surface area contributed by atoms with Crippen LogP contribution in [0.15, 0.2) is 18.2 Å². The molecule has 0 radical (unpaired) electrons. The van der Waals surface area contributed by atoms with Crippen LogP contribution in [0.5, 0.6) is 5.75 Å². The van der Waals surface area contributed by atoms with Crippen molar-refractivity contribution in [3.8, 4) is 5.75 Å². The van der Waals surface area contributed by atoms with Crippen LogP contribution >= 0.6 is 23.2 Å². The minimum atomic E-state index is -0.176. The van der Waals surface area contributed by atoms with Crippen LogP contribution in [0.4, 0.5) is 0 Å². The number of hydrogen-bond acceptors (Lipinski definition) is 4. The number of nitrogens with zero attached hydrogens (tertiary/aromatic N) is 1. The number of halogens is 2. The summed E-state index contributed by atoms with van der Waals surface area (Å²) in [5.74, 6) is 0.0386. The molecule has 1 aliphatic rings. The van der Waals surface area contributed by atoms with Crippen LogP contribution in [-0.2, 0) is 14.3 Å². The van der Waals surface area contributed by atoms with Gasteiger partial charge in [-0.05, 0) is 38.0 Å². The van der Waals surface area contributed by atoms with Crippen LogP contribution in [0.2, 0.25) is 10.0 Å². The molecule has 0 atom stereocenters. The Morgan fingerprint density at radius 1 is 1.17 bits per heavy atom. The summed E-state index contributed by atoms with van der Waals surface area (Å²) in [6.45, 7) is 3.15. The van der Waals surface area contributed by atoms with E-state index in [9.17, 15) is 9.59 Å². The highest BCUT2D eigenvalue weighted by atomic mass is 35.5. The average Bonchev–Trinajstić information content (AvgIpc) is 2.52. The number of rotatable bonds is 5. The van der Waals surface area contributed by atoms with Gasteiger partial charge in [0.05, 0.1) is 12.5 Å². The van der Waals surface area contributed by atoms with Crippen LogP contribution < -0.4 is 4.74 Å². The maximum Gasteiger partial charge on any atom is 0.309 e. The number of esters is 1. The molecule has 7 heteroatoms. The molecule has 1 fully saturated rings. The largest absolute Gasteiger partial charge is 0.484 e. The van der Waals surface area contributed by atoms with Gasteiger partial charge in [0, 0.05) is 23.1 Å². The van der Waals surface area contributed by atoms with Gasteiger partial charge in [-0.15, -0.1) is 0 Å². The number of carbonyl (C=O) groups excluding carboxylic acids is 2. The minimum Gasteiger partial charge on any atom is -0.484 e. The van der Waals surface area contributed by atoms with Crippen LogP contribution in [0, 0.1) is 5.92 Å². The van der Waals surface area contributed by atoms with Gasteiger partial charge in [-0.2, -0.15) is 0 Å². The van der Waals surface area contributed by atoms with E-state index in [1.165, 1.54) is 0 Å². The Balaban J connectivity index is 1.80. The molecule has 0 aromatic heterocycles. The molecule has 23 heavy (non-hydrogen) atoms. The molecule has 5 nitrogen and oxygen atoms in total. The quantitative estimate of drug-likeness (QED) is 0.757. The van der Waals surface area contributed by atoms with E-state index in [-0.39, 0.29) is 24.4 Å². The molecule has 0 bridgehead atoms. The molecule has 0 saturated carbocycles. The third-order valence-corrected chi connectivity index (χ3v) is 4.10. The smallest absolute Gasteiger partial charge is 0.309 e. The van der Waals surface area contributed by atoms with E-state index in [0.29, 0.717) is 48.3 Å². The summed E-state index contributed by atoms with van der Waals surface area (Å²) in [5.41, 5.74) is 0. The lowest BCUT2D eigenvalue weighted by atomic mass is 9.97. The molecule has 0 unspecified atom stereocenters. The predicted molar refractivity (Wildman–Crippen MR) is 87.9 cm³/mol. The van der Waals surface area contributed by atoms with Crippen molar-refractivity contribution in [2.45, 2.75) is 19.8 Å². The lowest BCUT2D eigenvalue weighted by molar-refractivity contribution is -0.151. The van der Waals surface area contributed by atoms with Crippen LogP contribution in [0.25, 0.3) is 0 Å². The number of hydrogen-bond donors (Lipinski definition) is 0. The Hall–Kier alpha value is -1.46. The third kappa shape index (κ3) is 5.29. The number of benzene rings is 1. The van der Waals surface area contributed by atoms with Crippen LogP contribution in [0.1, 0.15) is 19.8 Å². The molecular weight excluding hydrogens is 341 g/mol. The van der Waals surface area contributed by atoms with Gasteiger partial charge in [0.1, 0.15) is 5.75 Å². The first-order chi connectivity index (χ1) is 11.0. The van der Waals surface area contributed by atoms with Crippen molar-refractivity contribution in [2.75, 3.05) is 26.3 Å². The Morgan fingerprint density at radius 3 is 2.35 bits per heavy atom. The highest BCUT2D eigenvalue weighted by Crippen LogP contribution is 2.24. The minimum absolute atomic E-state index is 0.0826. The van der Waals surface area contributed by atoms with Gasteiger partial charge < -0.3 is 14.4 Å². The van der Waals surface area contributed by atoms with Crippen molar-refractivity contribution in [3.63, 3.8) is 0 Å². The van der Waals surface area contributed by atoms with E-state index in [1.54, 1.807) is 30.0 Å². The predicted octanol–water partition coefficient (Wildman–Crippen LogP) is 3.17. The van der Waals surface area contributed by atoms with E-state index in [2.05, 4.69) is 0 Å². The van der Waals surface area contributed by atoms with Crippen molar-refractivity contribution in [3.05, 3.63) is 28.2 Å². The Bertz CT molecular complexity index is 551. The molecule has 2 rings (SSSR count). The summed E-state index contributed by atoms with van der Waals surface area (Å²) >= 11 is 11.8. The van der Waals surface area contributed by atoms with E-state index in [0.717, 1.165) is 0 Å². The molecule has 0 N–H and O–H groups in total. The standard InChI is InChI=1S/C16H19Cl2NO4/c1-2-22-16(21)11-3-5-19(6-4-11)15(20)10-23-14-8-12(17)7-13(18)9-14/h7-9,11H,2-6,10H2,1H3. The number of piperidine rings is 1. The van der Waals surface area contributed by atoms with E-state index >= 15 is 0 Å². The second-order valence-electron chi connectivity index (χ2n) is 5.30. The fraction of sp³-hybridized carbons (Fsp3) is 0.500. The summed E-state index contributed by atoms with van der Waals surface area (Å²) in [7, 11) is 0. The first-order valence-corrected chi connectivity index (χ1v) is 8.28. The van der Waals surface area contributed by atoms with E-state index in [4.69, 9.17) is 32.7 Å². The second-order valence-corrected chi connectivity index (χ2v) is 6.17. The summed E-state index contributed by atoms with van der Waals surface area (Å²) in [6, 6.07) is 4.80. The van der Waals surface area contributed by atoms with Crippen molar-refractivity contribution < 1.29 is 19.1 Å². The molecule has 126 valence electrons. The zero-order valence-corrected chi connectivity index (χ0v) is 14.4. The van der Waals surface area contributed by atoms with Crippen LogP contribution in [0.3, 0.4) is 0 Å². The Morgan fingerprint density at radius 2 is 1.78 bits per heavy atom. The van der Waals surface area contributed by atoms with E-state index in [1.807, 2.05) is 0 Å². The van der Waals surface area contributed by atoms with Crippen molar-refractivity contribution >= 4 is 35.1 Å². The molecule has 1 heterocycles. The van der Waals surface area contributed by atoms with Gasteiger partial charge in [-0.1, -0.05) is 23.2 Å². The van der Waals surface area contributed by atoms with Crippen LogP contribution in [-0.4, -0.2) is 43.1 Å². The molecule has 0 aliphatic carbocycles. The molecule has 1 aromatic rings. The van der Waals surface area contributed by atoms with Gasteiger partial charge in [-0.25, -0.2) is 0 Å². The molecule has 0 spiro atoms. The SMILES string of the molecule is CCOC(=O)C1CCN(C(=O)COc2cc(Cl)cc(Cl)c2)CC1. The second kappa shape index (κ2) is 8.41. The topological polar surface area (TPSA) is 55.8 Å². The fourth-order valence-corrected chi connectivity index (χ4v) is 2.98. The highest BCUT2D eigenvalue weighted by molar-refractivity contribution is 6.34. The summed E-state index contributed by atoms with van der Waals surface area (Å²) in [5, 5.41) is 0.908. The Labute approximate surface area is 145 Å². The molecule has 1 saturated heterocycles. The molecule has 1 aromatic carbocycles. The van der Waals surface area contributed by atoms with Gasteiger partial charge in [0.2, 0.25) is 0 Å². The average molecular weight is 360 g/mol. The number of likely N-dealkylation sites (tertiary alicyclic amines) is 1. The maximum atomic E-state index is 12.2. The lowest BCUT2D eigenvalue weighted by Crippen LogP contribution is -2.42. The molecule has 1 amide bonds. The number of amides is 1. The number of ether oxygens (including phenoxy) is 2. The number of carbonyl (C=O) groups is 2. The van der Waals surface area contributed by atoms with Crippen molar-refractivity contribution in [1.82, 2.24) is 4.90 Å². The first kappa shape index (κ1) is 17.9. The van der Waals surface area contributed by atoms with E-state index < -0.39 is 0 Å². The zero-order valence-electron chi connectivity index (χ0n) is 12.9. The normalized spacial score (nSPS) is 15.3. The van der Waals surface area contributed by atoms with Crippen molar-refractivity contribution in [1.29, 1.82) is 0 Å². The monoisotopic (exact) mass is 359 g/mol. The Kier molecular flexibility index (Phi) is 6.54. The highest BCUT2D eigenvalue weighted by Gasteiger charge is 2.28. The zero-order chi connectivity index (χ0) is 16.8. The third-order valence-electron chi connectivity index (χ3n) is 3.67. The molecule has 1 aliphatic heterocycles. The molecular formula is C16H19Cl2NO4. The maximum absolute atomic E-state index is 12.2. The lowest BCUT2D eigenvalue weighted by Gasteiger charge is -2.30. The van der Waals surface area contributed by atoms with Gasteiger partial charge >= 0.3 is 5.97 Å². The first-order valence-electron chi connectivity index (χ1n) is 7.53. The summed E-state index contributed by atoms with van der Waals surface area (Å²) in [6.07, 6.45) is 1.24. The summed E-state index contributed by atoms with van der Waals surface area (Å²) < 4.78 is 10.5. The van der Waals surface area contributed by atoms with Gasteiger partial charge in [0.25, 0.3) is 5.91 Å². The fourth-order valence-electron chi connectivity index (χ4n) is 2.47. The van der Waals surface area contributed by atoms with Gasteiger partial charge in [0.15, 0.2) is 6.61 Å². The summed E-state index contributed by atoms with van der Waals surface area (Å²) in [4.78, 5) is 25.5. The van der Waals surface area contributed by atoms with Gasteiger partial charge in [-0.3, -0.25) is 9.59 Å².